The number of Topliss-reactive ketones (excluding diaryl/α,β-unsaturated/α-hetero) is 1. The number of halogens is 3. The number of carbonyl (C=O) groups excluding carboxylic acids is 2. The Hall–Kier alpha value is -1.98. The molecular formula is C18H23F3N2O5S. The van der Waals surface area contributed by atoms with E-state index in [0.717, 1.165) is 9.21 Å². The third-order valence-corrected chi connectivity index (χ3v) is 7.02. The van der Waals surface area contributed by atoms with Gasteiger partial charge in [-0.2, -0.15) is 17.5 Å². The summed E-state index contributed by atoms with van der Waals surface area (Å²) >= 11 is 0. The van der Waals surface area contributed by atoms with Gasteiger partial charge in [0.05, 0.1) is 4.90 Å². The van der Waals surface area contributed by atoms with Crippen LogP contribution in [0.4, 0.5) is 13.2 Å². The maximum atomic E-state index is 13.0. The maximum Gasteiger partial charge on any atom is 0.426 e. The van der Waals surface area contributed by atoms with Crippen LogP contribution in [0.25, 0.3) is 0 Å². The van der Waals surface area contributed by atoms with Crippen LogP contribution < -0.4 is 0 Å². The lowest BCUT2D eigenvalue weighted by Crippen LogP contribution is -2.65. The summed E-state index contributed by atoms with van der Waals surface area (Å²) in [4.78, 5) is 24.4. The molecule has 11 heteroatoms. The third-order valence-electron chi connectivity index (χ3n) is 5.03. The van der Waals surface area contributed by atoms with Crippen molar-refractivity contribution < 1.29 is 36.3 Å². The van der Waals surface area contributed by atoms with E-state index in [2.05, 4.69) is 0 Å². The molecule has 7 nitrogen and oxygen atoms in total. The molecule has 0 saturated carbocycles. The lowest BCUT2D eigenvalue weighted by molar-refractivity contribution is -0.251. The van der Waals surface area contributed by atoms with E-state index in [1.807, 2.05) is 0 Å². The fourth-order valence-electron chi connectivity index (χ4n) is 3.11. The second kappa shape index (κ2) is 7.69. The molecule has 0 radical (unpaired) electrons. The minimum absolute atomic E-state index is 0.0661. The summed E-state index contributed by atoms with van der Waals surface area (Å²) in [6.07, 6.45) is -5.16. The fraction of sp³-hybridized carbons (Fsp3) is 0.556. The summed E-state index contributed by atoms with van der Waals surface area (Å²) in [5.41, 5.74) is -3.22. The summed E-state index contributed by atoms with van der Waals surface area (Å²) in [6.45, 7) is 4.06. The number of hydrogen-bond acceptors (Lipinski definition) is 5. The third kappa shape index (κ3) is 4.31. The number of benzene rings is 1. The number of alkyl halides is 3. The van der Waals surface area contributed by atoms with Gasteiger partial charge in [0.25, 0.3) is 5.91 Å². The van der Waals surface area contributed by atoms with Crippen molar-refractivity contribution in [3.05, 3.63) is 29.8 Å². The van der Waals surface area contributed by atoms with E-state index in [0.29, 0.717) is 12.5 Å². The van der Waals surface area contributed by atoms with Crippen LogP contribution in [0, 0.1) is 0 Å². The normalized spacial score (nSPS) is 23.5. The molecule has 1 N–H and O–H groups in total. The van der Waals surface area contributed by atoms with Crippen LogP contribution in [0.2, 0.25) is 0 Å². The first kappa shape index (κ1) is 23.3. The molecule has 1 aromatic carbocycles. The van der Waals surface area contributed by atoms with Crippen LogP contribution in [0.15, 0.2) is 29.2 Å². The van der Waals surface area contributed by atoms with Gasteiger partial charge in [-0.15, -0.1) is 0 Å². The van der Waals surface area contributed by atoms with Gasteiger partial charge in [0.1, 0.15) is 0 Å². The summed E-state index contributed by atoms with van der Waals surface area (Å²) < 4.78 is 66.1. The van der Waals surface area contributed by atoms with Crippen molar-refractivity contribution in [1.82, 2.24) is 9.21 Å². The number of amides is 1. The highest BCUT2D eigenvalue weighted by atomic mass is 32.2. The summed E-state index contributed by atoms with van der Waals surface area (Å²) in [5.74, 6) is -1.74. The van der Waals surface area contributed by atoms with Crippen molar-refractivity contribution in [2.45, 2.75) is 56.5 Å². The Morgan fingerprint density at radius 1 is 1.07 bits per heavy atom. The molecular weight excluding hydrogens is 413 g/mol. The van der Waals surface area contributed by atoms with Crippen molar-refractivity contribution in [2.24, 2.45) is 0 Å². The van der Waals surface area contributed by atoms with Gasteiger partial charge >= 0.3 is 6.18 Å². The average molecular weight is 436 g/mol. The van der Waals surface area contributed by atoms with Gasteiger partial charge in [-0.25, -0.2) is 8.42 Å². The first-order valence-electron chi connectivity index (χ1n) is 8.83. The molecule has 1 aliphatic heterocycles. The molecule has 0 unspecified atom stereocenters. The zero-order valence-corrected chi connectivity index (χ0v) is 17.2. The molecule has 0 spiro atoms. The molecule has 0 aromatic heterocycles. The molecule has 29 heavy (non-hydrogen) atoms. The number of piperazine rings is 1. The summed E-state index contributed by atoms with van der Waals surface area (Å²) in [6, 6.07) is 3.62. The second-order valence-corrected chi connectivity index (χ2v) is 9.27. The second-order valence-electron chi connectivity index (χ2n) is 7.38. The Bertz CT molecular complexity index is 897. The van der Waals surface area contributed by atoms with Crippen molar-refractivity contribution in [3.63, 3.8) is 0 Å². The molecule has 2 rings (SSSR count). The average Bonchev–Trinajstić information content (AvgIpc) is 2.61. The Labute approximate surface area is 167 Å². The predicted octanol–water partition coefficient (Wildman–Crippen LogP) is 1.81. The molecule has 1 aromatic rings. The van der Waals surface area contributed by atoms with E-state index in [1.54, 1.807) is 0 Å². The molecule has 0 aliphatic carbocycles. The van der Waals surface area contributed by atoms with E-state index in [-0.39, 0.29) is 23.8 Å². The fourth-order valence-corrected chi connectivity index (χ4v) is 4.81. The highest BCUT2D eigenvalue weighted by molar-refractivity contribution is 7.89. The van der Waals surface area contributed by atoms with Crippen LogP contribution in [-0.4, -0.2) is 71.4 Å². The summed E-state index contributed by atoms with van der Waals surface area (Å²) in [7, 11) is -4.00. The van der Waals surface area contributed by atoms with Crippen molar-refractivity contribution in [2.75, 3.05) is 13.1 Å². The van der Waals surface area contributed by atoms with Crippen LogP contribution in [0.1, 0.15) is 38.1 Å². The van der Waals surface area contributed by atoms with Crippen molar-refractivity contribution in [3.8, 4) is 0 Å². The molecule has 1 heterocycles. The van der Waals surface area contributed by atoms with E-state index in [4.69, 9.17) is 0 Å². The minimum Gasteiger partial charge on any atom is -0.373 e. The number of sulfonamides is 1. The van der Waals surface area contributed by atoms with Gasteiger partial charge in [0.15, 0.2) is 5.78 Å². The van der Waals surface area contributed by atoms with Crippen molar-refractivity contribution >= 4 is 21.7 Å². The first-order chi connectivity index (χ1) is 13.1. The van der Waals surface area contributed by atoms with Gasteiger partial charge in [-0.3, -0.25) is 9.59 Å². The van der Waals surface area contributed by atoms with Crippen LogP contribution in [0.5, 0.6) is 0 Å². The molecule has 1 fully saturated rings. The Kier molecular flexibility index (Phi) is 6.18. The zero-order valence-electron chi connectivity index (χ0n) is 16.4. The monoisotopic (exact) mass is 436 g/mol. The Morgan fingerprint density at radius 2 is 1.59 bits per heavy atom. The number of rotatable bonds is 4. The summed E-state index contributed by atoms with van der Waals surface area (Å²) in [5, 5.41) is 9.67. The molecule has 1 amide bonds. The number of hydrogen-bond donors (Lipinski definition) is 1. The first-order valence-corrected chi connectivity index (χ1v) is 10.3. The number of ketones is 1. The predicted molar refractivity (Wildman–Crippen MR) is 97.7 cm³/mol. The number of nitrogens with zero attached hydrogens (tertiary/aromatic N) is 2. The SMILES string of the molecule is CC(=O)c1ccc(S(=O)(=O)N2C[C@H](C)N(C(=O)[C@@](C)(O)C(F)(F)F)C[C@H]2C)cc1. The quantitative estimate of drug-likeness (QED) is 0.727. The van der Waals surface area contributed by atoms with E-state index in [1.165, 1.54) is 45.0 Å². The van der Waals surface area contributed by atoms with Gasteiger partial charge in [0.2, 0.25) is 15.6 Å². The van der Waals surface area contributed by atoms with Crippen LogP contribution in [0.3, 0.4) is 0 Å². The topological polar surface area (TPSA) is 95.0 Å². The number of aliphatic hydroxyl groups is 1. The largest absolute Gasteiger partial charge is 0.426 e. The zero-order chi connectivity index (χ0) is 22.4. The Balaban J connectivity index is 2.27. The smallest absolute Gasteiger partial charge is 0.373 e. The van der Waals surface area contributed by atoms with Gasteiger partial charge < -0.3 is 10.0 Å². The molecule has 1 aliphatic rings. The number of carbonyl (C=O) groups is 2. The van der Waals surface area contributed by atoms with Crippen LogP contribution in [-0.2, 0) is 14.8 Å². The van der Waals surface area contributed by atoms with E-state index >= 15 is 0 Å². The standard InChI is InChI=1S/C18H23F3N2O5S/c1-11-10-23(29(27,28)15-7-5-14(6-8-15)13(3)24)12(2)9-22(11)16(25)17(4,26)18(19,20)21/h5-8,11-12,26H,9-10H2,1-4H3/t11-,12+,17+/m0/s1. The van der Waals surface area contributed by atoms with Crippen LogP contribution >= 0.6 is 0 Å². The molecule has 3 atom stereocenters. The maximum absolute atomic E-state index is 13.0. The molecule has 0 bridgehead atoms. The molecule has 1 saturated heterocycles. The van der Waals surface area contributed by atoms with Gasteiger partial charge in [-0.1, -0.05) is 12.1 Å². The van der Waals surface area contributed by atoms with E-state index in [9.17, 15) is 36.3 Å². The van der Waals surface area contributed by atoms with E-state index < -0.39 is 39.8 Å². The molecule has 162 valence electrons. The van der Waals surface area contributed by atoms with Gasteiger partial charge in [-0.05, 0) is 39.8 Å². The van der Waals surface area contributed by atoms with Crippen molar-refractivity contribution in [1.29, 1.82) is 0 Å². The lowest BCUT2D eigenvalue weighted by Gasteiger charge is -2.45. The highest BCUT2D eigenvalue weighted by Gasteiger charge is 2.58. The lowest BCUT2D eigenvalue weighted by atomic mass is 10.0. The Morgan fingerprint density at radius 3 is 2.03 bits per heavy atom. The highest BCUT2D eigenvalue weighted by Crippen LogP contribution is 2.34. The minimum atomic E-state index is -5.16. The van der Waals surface area contributed by atoms with Gasteiger partial charge in [0, 0.05) is 30.7 Å².